The van der Waals surface area contributed by atoms with Crippen LogP contribution in [0.25, 0.3) is 0 Å². The van der Waals surface area contributed by atoms with Crippen LogP contribution in [0.5, 0.6) is 5.75 Å². The summed E-state index contributed by atoms with van der Waals surface area (Å²) in [6, 6.07) is 6.38. The molecule has 1 aromatic carbocycles. The summed E-state index contributed by atoms with van der Waals surface area (Å²) in [5.41, 5.74) is 8.50. The molecule has 3 heteroatoms. The number of aryl methyl sites for hydroxylation is 1. The molecular formula is C14H21NO2. The predicted octanol–water partition coefficient (Wildman–Crippen LogP) is 1.91. The first-order valence-corrected chi connectivity index (χ1v) is 6.19. The summed E-state index contributed by atoms with van der Waals surface area (Å²) >= 11 is 0. The zero-order chi connectivity index (χ0) is 12.3. The molecule has 0 unspecified atom stereocenters. The van der Waals surface area contributed by atoms with Crippen LogP contribution in [0.4, 0.5) is 0 Å². The first-order chi connectivity index (χ1) is 8.19. The van der Waals surface area contributed by atoms with Gasteiger partial charge in [-0.1, -0.05) is 12.1 Å². The lowest BCUT2D eigenvalue weighted by Gasteiger charge is -2.40. The van der Waals surface area contributed by atoms with Crippen molar-refractivity contribution in [1.29, 1.82) is 0 Å². The number of ether oxygens (including phenoxy) is 2. The Kier molecular flexibility index (Phi) is 3.69. The monoisotopic (exact) mass is 235 g/mol. The Labute approximate surface area is 103 Å². The van der Waals surface area contributed by atoms with Crippen molar-refractivity contribution in [3.05, 3.63) is 29.3 Å². The van der Waals surface area contributed by atoms with Crippen LogP contribution < -0.4 is 10.5 Å². The second-order valence-electron chi connectivity index (χ2n) is 4.91. The zero-order valence-electron chi connectivity index (χ0n) is 10.7. The van der Waals surface area contributed by atoms with E-state index in [0.29, 0.717) is 13.2 Å². The number of hydrogen-bond donors (Lipinski definition) is 1. The molecule has 0 saturated carbocycles. The Morgan fingerprint density at radius 3 is 2.65 bits per heavy atom. The average Bonchev–Trinajstić information content (AvgIpc) is 2.27. The number of rotatable bonds is 5. The Hall–Kier alpha value is -1.06. The topological polar surface area (TPSA) is 44.5 Å². The van der Waals surface area contributed by atoms with Crippen LogP contribution in [-0.2, 0) is 11.2 Å². The summed E-state index contributed by atoms with van der Waals surface area (Å²) in [6.45, 7) is 7.06. The van der Waals surface area contributed by atoms with E-state index in [1.54, 1.807) is 0 Å². The van der Waals surface area contributed by atoms with Crippen LogP contribution in [0, 0.1) is 12.3 Å². The van der Waals surface area contributed by atoms with Gasteiger partial charge in [0, 0.05) is 12.0 Å². The van der Waals surface area contributed by atoms with Gasteiger partial charge in [-0.3, -0.25) is 0 Å². The van der Waals surface area contributed by atoms with Crippen molar-refractivity contribution in [3.63, 3.8) is 0 Å². The number of hydrogen-bond acceptors (Lipinski definition) is 3. The van der Waals surface area contributed by atoms with Crippen molar-refractivity contribution in [2.24, 2.45) is 11.1 Å². The molecule has 1 fully saturated rings. The second kappa shape index (κ2) is 5.07. The first-order valence-electron chi connectivity index (χ1n) is 6.19. The SMILES string of the molecule is CCOc1ccc(CC2(CN)COC2)cc1C. The molecule has 0 aromatic heterocycles. The van der Waals surface area contributed by atoms with E-state index >= 15 is 0 Å². The first kappa shape index (κ1) is 12.4. The van der Waals surface area contributed by atoms with Gasteiger partial charge in [-0.15, -0.1) is 0 Å². The standard InChI is InChI=1S/C14H21NO2/c1-3-17-13-5-4-12(6-11(13)2)7-14(8-15)9-16-10-14/h4-6H,3,7-10,15H2,1-2H3. The minimum Gasteiger partial charge on any atom is -0.494 e. The van der Waals surface area contributed by atoms with Gasteiger partial charge in [0.05, 0.1) is 19.8 Å². The summed E-state index contributed by atoms with van der Waals surface area (Å²) in [7, 11) is 0. The normalized spacial score (nSPS) is 17.6. The lowest BCUT2D eigenvalue weighted by molar-refractivity contribution is -0.106. The van der Waals surface area contributed by atoms with Gasteiger partial charge in [0.2, 0.25) is 0 Å². The molecule has 1 heterocycles. The van der Waals surface area contributed by atoms with Gasteiger partial charge in [0.15, 0.2) is 0 Å². The van der Waals surface area contributed by atoms with Crippen LogP contribution >= 0.6 is 0 Å². The van der Waals surface area contributed by atoms with E-state index in [0.717, 1.165) is 25.4 Å². The van der Waals surface area contributed by atoms with E-state index in [1.807, 2.05) is 6.92 Å². The summed E-state index contributed by atoms with van der Waals surface area (Å²) in [4.78, 5) is 0. The predicted molar refractivity (Wildman–Crippen MR) is 68.4 cm³/mol. The van der Waals surface area contributed by atoms with Gasteiger partial charge in [0.25, 0.3) is 0 Å². The fraction of sp³-hybridized carbons (Fsp3) is 0.571. The molecule has 0 bridgehead atoms. The molecule has 1 aromatic rings. The van der Waals surface area contributed by atoms with Gasteiger partial charge < -0.3 is 15.2 Å². The summed E-state index contributed by atoms with van der Waals surface area (Å²) < 4.78 is 10.8. The summed E-state index contributed by atoms with van der Waals surface area (Å²) in [5, 5.41) is 0. The fourth-order valence-corrected chi connectivity index (χ4v) is 2.25. The third kappa shape index (κ3) is 2.61. The Morgan fingerprint density at radius 1 is 1.41 bits per heavy atom. The molecule has 17 heavy (non-hydrogen) atoms. The van der Waals surface area contributed by atoms with E-state index in [2.05, 4.69) is 25.1 Å². The maximum absolute atomic E-state index is 5.83. The third-order valence-corrected chi connectivity index (χ3v) is 3.37. The molecular weight excluding hydrogens is 214 g/mol. The van der Waals surface area contributed by atoms with Crippen LogP contribution in [0.1, 0.15) is 18.1 Å². The van der Waals surface area contributed by atoms with Gasteiger partial charge in [-0.25, -0.2) is 0 Å². The molecule has 0 aliphatic carbocycles. The molecule has 0 radical (unpaired) electrons. The summed E-state index contributed by atoms with van der Waals surface area (Å²) in [6.07, 6.45) is 0.997. The van der Waals surface area contributed by atoms with E-state index < -0.39 is 0 Å². The largest absolute Gasteiger partial charge is 0.494 e. The highest BCUT2D eigenvalue weighted by Crippen LogP contribution is 2.31. The smallest absolute Gasteiger partial charge is 0.122 e. The van der Waals surface area contributed by atoms with Crippen molar-refractivity contribution in [2.75, 3.05) is 26.4 Å². The third-order valence-electron chi connectivity index (χ3n) is 3.37. The molecule has 1 aliphatic heterocycles. The molecule has 1 aliphatic rings. The Morgan fingerprint density at radius 2 is 2.18 bits per heavy atom. The lowest BCUT2D eigenvalue weighted by Crippen LogP contribution is -2.49. The Bertz CT molecular complexity index is 380. The van der Waals surface area contributed by atoms with Gasteiger partial charge in [-0.05, 0) is 37.5 Å². The minimum atomic E-state index is 0.166. The molecule has 2 rings (SSSR count). The highest BCUT2D eigenvalue weighted by Gasteiger charge is 2.37. The quantitative estimate of drug-likeness (QED) is 0.848. The van der Waals surface area contributed by atoms with E-state index in [-0.39, 0.29) is 5.41 Å². The highest BCUT2D eigenvalue weighted by molar-refractivity contribution is 5.36. The summed E-state index contributed by atoms with van der Waals surface area (Å²) in [5.74, 6) is 0.975. The number of nitrogens with two attached hydrogens (primary N) is 1. The minimum absolute atomic E-state index is 0.166. The molecule has 3 nitrogen and oxygen atoms in total. The molecule has 1 saturated heterocycles. The van der Waals surface area contributed by atoms with Gasteiger partial charge in [-0.2, -0.15) is 0 Å². The van der Waals surface area contributed by atoms with Crippen molar-refractivity contribution in [3.8, 4) is 5.75 Å². The zero-order valence-corrected chi connectivity index (χ0v) is 10.7. The molecule has 94 valence electrons. The Balaban J connectivity index is 2.09. The van der Waals surface area contributed by atoms with Crippen LogP contribution in [0.3, 0.4) is 0 Å². The highest BCUT2D eigenvalue weighted by atomic mass is 16.5. The van der Waals surface area contributed by atoms with Crippen LogP contribution in [0.2, 0.25) is 0 Å². The van der Waals surface area contributed by atoms with E-state index in [1.165, 1.54) is 11.1 Å². The lowest BCUT2D eigenvalue weighted by atomic mass is 9.80. The van der Waals surface area contributed by atoms with Gasteiger partial charge in [0.1, 0.15) is 5.75 Å². The second-order valence-corrected chi connectivity index (χ2v) is 4.91. The number of benzene rings is 1. The molecule has 0 amide bonds. The molecule has 0 spiro atoms. The fourth-order valence-electron chi connectivity index (χ4n) is 2.25. The maximum Gasteiger partial charge on any atom is 0.122 e. The average molecular weight is 235 g/mol. The van der Waals surface area contributed by atoms with Crippen molar-refractivity contribution >= 4 is 0 Å². The van der Waals surface area contributed by atoms with Crippen LogP contribution in [-0.4, -0.2) is 26.4 Å². The van der Waals surface area contributed by atoms with Crippen molar-refractivity contribution in [2.45, 2.75) is 20.3 Å². The van der Waals surface area contributed by atoms with E-state index in [9.17, 15) is 0 Å². The molecule has 0 atom stereocenters. The maximum atomic E-state index is 5.83. The van der Waals surface area contributed by atoms with Gasteiger partial charge >= 0.3 is 0 Å². The van der Waals surface area contributed by atoms with Crippen molar-refractivity contribution < 1.29 is 9.47 Å². The van der Waals surface area contributed by atoms with Crippen molar-refractivity contribution in [1.82, 2.24) is 0 Å². The van der Waals surface area contributed by atoms with Crippen LogP contribution in [0.15, 0.2) is 18.2 Å². The van der Waals surface area contributed by atoms with E-state index in [4.69, 9.17) is 15.2 Å². The molecule has 2 N–H and O–H groups in total.